The molecule has 4 aliphatic carbocycles. The number of nitrogens with zero attached hydrogens (tertiary/aromatic N) is 2. The summed E-state index contributed by atoms with van der Waals surface area (Å²) < 4.78 is 6.70. The van der Waals surface area contributed by atoms with Crippen LogP contribution in [-0.2, 0) is 4.79 Å². The number of carbonyl (C=O) groups is 1. The summed E-state index contributed by atoms with van der Waals surface area (Å²) in [6, 6.07) is 7.73. The van der Waals surface area contributed by atoms with Crippen LogP contribution in [0.3, 0.4) is 0 Å². The molecule has 4 saturated carbocycles. The SMILES string of the molecule is C[C@@H](Sc1nnc(-c2ccccc2Br)o1)C(=O)NC12CC3CC(CC(C3)C1)C2. The Morgan fingerprint density at radius 3 is 2.46 bits per heavy atom. The maximum Gasteiger partial charge on any atom is 0.277 e. The summed E-state index contributed by atoms with van der Waals surface area (Å²) in [6.45, 7) is 1.92. The van der Waals surface area contributed by atoms with E-state index in [9.17, 15) is 4.79 Å². The molecule has 0 saturated heterocycles. The van der Waals surface area contributed by atoms with Gasteiger partial charge in [-0.05, 0) is 91.3 Å². The van der Waals surface area contributed by atoms with E-state index in [1.165, 1.54) is 31.0 Å². The first kappa shape index (κ1) is 18.7. The molecule has 1 aromatic carbocycles. The molecule has 0 unspecified atom stereocenters. The van der Waals surface area contributed by atoms with Gasteiger partial charge in [-0.1, -0.05) is 23.9 Å². The highest BCUT2D eigenvalue weighted by Crippen LogP contribution is 2.55. The predicted molar refractivity (Wildman–Crippen MR) is 112 cm³/mol. The van der Waals surface area contributed by atoms with Crippen molar-refractivity contribution in [3.8, 4) is 11.5 Å². The third kappa shape index (κ3) is 3.52. The van der Waals surface area contributed by atoms with Crippen molar-refractivity contribution in [2.75, 3.05) is 0 Å². The van der Waals surface area contributed by atoms with Crippen molar-refractivity contribution < 1.29 is 9.21 Å². The molecule has 0 aliphatic heterocycles. The minimum atomic E-state index is -0.263. The summed E-state index contributed by atoms with van der Waals surface area (Å²) in [5.41, 5.74) is 0.891. The maximum atomic E-state index is 12.9. The first-order valence-electron chi connectivity index (χ1n) is 10.1. The van der Waals surface area contributed by atoms with Crippen molar-refractivity contribution in [2.24, 2.45) is 17.8 Å². The van der Waals surface area contributed by atoms with Crippen molar-refractivity contribution >= 4 is 33.6 Å². The van der Waals surface area contributed by atoms with Crippen LogP contribution in [0.4, 0.5) is 0 Å². The largest absolute Gasteiger partial charge is 0.411 e. The van der Waals surface area contributed by atoms with Gasteiger partial charge in [0, 0.05) is 10.0 Å². The van der Waals surface area contributed by atoms with Gasteiger partial charge in [0.05, 0.1) is 10.8 Å². The highest BCUT2D eigenvalue weighted by Gasteiger charge is 2.51. The van der Waals surface area contributed by atoms with E-state index in [2.05, 4.69) is 31.4 Å². The van der Waals surface area contributed by atoms with Gasteiger partial charge < -0.3 is 9.73 Å². The lowest BCUT2D eigenvalue weighted by atomic mass is 9.53. The van der Waals surface area contributed by atoms with Crippen LogP contribution < -0.4 is 5.32 Å². The van der Waals surface area contributed by atoms with Crippen molar-refractivity contribution in [1.29, 1.82) is 0 Å². The van der Waals surface area contributed by atoms with E-state index >= 15 is 0 Å². The van der Waals surface area contributed by atoms with Gasteiger partial charge in [0.15, 0.2) is 0 Å². The Morgan fingerprint density at radius 2 is 1.82 bits per heavy atom. The average Bonchev–Trinajstić information content (AvgIpc) is 3.08. The molecule has 2 aromatic rings. The summed E-state index contributed by atoms with van der Waals surface area (Å²) in [5, 5.41) is 11.9. The fraction of sp³-hybridized carbons (Fsp3) is 0.571. The first-order chi connectivity index (χ1) is 13.5. The summed E-state index contributed by atoms with van der Waals surface area (Å²) in [4.78, 5) is 12.9. The van der Waals surface area contributed by atoms with Crippen molar-refractivity contribution in [2.45, 2.75) is 61.5 Å². The second-order valence-electron chi connectivity index (χ2n) is 8.80. The van der Waals surface area contributed by atoms with Gasteiger partial charge in [-0.3, -0.25) is 4.79 Å². The van der Waals surface area contributed by atoms with E-state index in [1.54, 1.807) is 0 Å². The van der Waals surface area contributed by atoms with Gasteiger partial charge >= 0.3 is 0 Å². The van der Waals surface area contributed by atoms with Crippen LogP contribution in [0.5, 0.6) is 0 Å². The number of halogens is 1. The van der Waals surface area contributed by atoms with E-state index in [0.717, 1.165) is 47.1 Å². The zero-order chi connectivity index (χ0) is 19.3. The third-order valence-corrected chi connectivity index (χ3v) is 8.21. The molecule has 6 rings (SSSR count). The number of benzene rings is 1. The van der Waals surface area contributed by atoms with Crippen molar-refractivity contribution in [3.63, 3.8) is 0 Å². The number of rotatable bonds is 5. The van der Waals surface area contributed by atoms with Crippen LogP contribution in [0.15, 0.2) is 38.4 Å². The van der Waals surface area contributed by atoms with Crippen LogP contribution in [0.1, 0.15) is 45.4 Å². The minimum absolute atomic E-state index is 0.0373. The van der Waals surface area contributed by atoms with Crippen LogP contribution in [0, 0.1) is 17.8 Å². The number of aromatic nitrogens is 2. The number of carbonyl (C=O) groups excluding carboxylic acids is 1. The molecule has 1 amide bonds. The van der Waals surface area contributed by atoms with Gasteiger partial charge in [0.1, 0.15) is 0 Å². The Hall–Kier alpha value is -1.34. The van der Waals surface area contributed by atoms with Crippen LogP contribution in [-0.4, -0.2) is 26.9 Å². The molecule has 0 spiro atoms. The van der Waals surface area contributed by atoms with E-state index in [4.69, 9.17) is 4.42 Å². The van der Waals surface area contributed by atoms with Crippen molar-refractivity contribution in [3.05, 3.63) is 28.7 Å². The Morgan fingerprint density at radius 1 is 1.18 bits per heavy atom. The van der Waals surface area contributed by atoms with E-state index in [-0.39, 0.29) is 16.7 Å². The Bertz CT molecular complexity index is 864. The summed E-state index contributed by atoms with van der Waals surface area (Å²) >= 11 is 4.84. The smallest absolute Gasteiger partial charge is 0.277 e. The molecule has 1 heterocycles. The summed E-state index contributed by atoms with van der Waals surface area (Å²) in [7, 11) is 0. The average molecular weight is 462 g/mol. The minimum Gasteiger partial charge on any atom is -0.411 e. The third-order valence-electron chi connectivity index (χ3n) is 6.58. The van der Waals surface area contributed by atoms with Gasteiger partial charge in [0.2, 0.25) is 11.8 Å². The molecule has 1 atom stereocenters. The van der Waals surface area contributed by atoms with Gasteiger partial charge in [-0.2, -0.15) is 0 Å². The molecule has 148 valence electrons. The molecule has 5 nitrogen and oxygen atoms in total. The number of amides is 1. The van der Waals surface area contributed by atoms with Gasteiger partial charge in [-0.25, -0.2) is 0 Å². The number of thioether (sulfide) groups is 1. The molecule has 7 heteroatoms. The standard InChI is InChI=1S/C21H24BrN3O2S/c1-12(28-20-25-24-19(27-20)16-4-2-3-5-17(16)22)18(26)23-21-9-13-6-14(10-21)8-15(7-13)11-21/h2-5,12-15H,6-11H2,1H3,(H,23,26)/t12-,13?,14?,15?,21?/m1/s1. The zero-order valence-electron chi connectivity index (χ0n) is 15.9. The lowest BCUT2D eigenvalue weighted by molar-refractivity contribution is -0.126. The highest BCUT2D eigenvalue weighted by atomic mass is 79.9. The lowest BCUT2D eigenvalue weighted by Gasteiger charge is -2.57. The van der Waals surface area contributed by atoms with E-state index < -0.39 is 0 Å². The second-order valence-corrected chi connectivity index (χ2v) is 10.9. The Balaban J connectivity index is 1.24. The quantitative estimate of drug-likeness (QED) is 0.629. The van der Waals surface area contributed by atoms with Gasteiger partial charge in [0.25, 0.3) is 5.22 Å². The molecule has 4 fully saturated rings. The first-order valence-corrected chi connectivity index (χ1v) is 11.7. The summed E-state index contributed by atoms with van der Waals surface area (Å²) in [5.74, 6) is 3.00. The molecule has 4 bridgehead atoms. The zero-order valence-corrected chi connectivity index (χ0v) is 18.3. The molecule has 1 aromatic heterocycles. The highest BCUT2D eigenvalue weighted by molar-refractivity contribution is 9.10. The number of hydrogen-bond donors (Lipinski definition) is 1. The monoisotopic (exact) mass is 461 g/mol. The molecule has 28 heavy (non-hydrogen) atoms. The number of hydrogen-bond acceptors (Lipinski definition) is 5. The predicted octanol–water partition coefficient (Wildman–Crippen LogP) is 5.06. The Kier molecular flexibility index (Phi) is 4.78. The second kappa shape index (κ2) is 7.17. The van der Waals surface area contributed by atoms with Crippen molar-refractivity contribution in [1.82, 2.24) is 15.5 Å². The summed E-state index contributed by atoms with van der Waals surface area (Å²) in [6.07, 6.45) is 7.61. The van der Waals surface area contributed by atoms with Crippen LogP contribution in [0.25, 0.3) is 11.5 Å². The normalized spacial score (nSPS) is 31.7. The fourth-order valence-electron chi connectivity index (χ4n) is 5.83. The molecule has 4 aliphatic rings. The van der Waals surface area contributed by atoms with E-state index in [0.29, 0.717) is 11.1 Å². The van der Waals surface area contributed by atoms with Crippen LogP contribution >= 0.6 is 27.7 Å². The molecular formula is C21H24BrN3O2S. The molecule has 1 N–H and O–H groups in total. The topological polar surface area (TPSA) is 68.0 Å². The maximum absolute atomic E-state index is 12.9. The Labute approximate surface area is 177 Å². The van der Waals surface area contributed by atoms with E-state index in [1.807, 2.05) is 31.2 Å². The molecule has 0 radical (unpaired) electrons. The lowest BCUT2D eigenvalue weighted by Crippen LogP contribution is -2.60. The number of nitrogens with one attached hydrogen (secondary N) is 1. The van der Waals surface area contributed by atoms with Gasteiger partial charge in [-0.15, -0.1) is 10.2 Å². The van der Waals surface area contributed by atoms with Crippen LogP contribution in [0.2, 0.25) is 0 Å². The molecular weight excluding hydrogens is 438 g/mol. The fourth-order valence-corrected chi connectivity index (χ4v) is 6.97.